The molecule has 0 aliphatic carbocycles. The lowest BCUT2D eigenvalue weighted by Crippen LogP contribution is -2.22. The Morgan fingerprint density at radius 1 is 1.53 bits per heavy atom. The summed E-state index contributed by atoms with van der Waals surface area (Å²) in [6.07, 6.45) is 4.32. The first-order chi connectivity index (χ1) is 9.16. The minimum Gasteiger partial charge on any atom is -0.338 e. The third-order valence-electron chi connectivity index (χ3n) is 3.07. The van der Waals surface area contributed by atoms with Gasteiger partial charge in [-0.3, -0.25) is 9.36 Å². The predicted molar refractivity (Wildman–Crippen MR) is 78.2 cm³/mol. The molecular weight excluding hydrogens is 280 g/mol. The first kappa shape index (κ1) is 12.3. The van der Waals surface area contributed by atoms with Crippen molar-refractivity contribution in [1.82, 2.24) is 19.1 Å². The van der Waals surface area contributed by atoms with Gasteiger partial charge >= 0.3 is 0 Å². The van der Waals surface area contributed by atoms with Gasteiger partial charge < -0.3 is 9.55 Å². The van der Waals surface area contributed by atoms with Crippen LogP contribution in [0.2, 0.25) is 0 Å². The summed E-state index contributed by atoms with van der Waals surface area (Å²) < 4.78 is 4.73. The molecular formula is C12H12N4OS2. The first-order valence-electron chi connectivity index (χ1n) is 5.83. The van der Waals surface area contributed by atoms with Gasteiger partial charge in [0.1, 0.15) is 10.5 Å². The highest BCUT2D eigenvalue weighted by molar-refractivity contribution is 7.71. The van der Waals surface area contributed by atoms with E-state index in [-0.39, 0.29) is 5.56 Å². The number of rotatable bonds is 3. The molecule has 3 heterocycles. The summed E-state index contributed by atoms with van der Waals surface area (Å²) in [7, 11) is 1.94. The maximum atomic E-state index is 12.3. The molecule has 0 bridgehead atoms. The lowest BCUT2D eigenvalue weighted by molar-refractivity contribution is 0.620. The summed E-state index contributed by atoms with van der Waals surface area (Å²) in [5.74, 6) is 0.938. The van der Waals surface area contributed by atoms with Crippen LogP contribution in [0.5, 0.6) is 0 Å². The number of nitrogens with one attached hydrogen (secondary N) is 1. The number of hydrogen-bond acceptors (Lipinski definition) is 4. The van der Waals surface area contributed by atoms with E-state index in [0.717, 1.165) is 11.3 Å². The monoisotopic (exact) mass is 292 g/mol. The van der Waals surface area contributed by atoms with Gasteiger partial charge in [0.25, 0.3) is 5.56 Å². The normalized spacial score (nSPS) is 11.2. The quantitative estimate of drug-likeness (QED) is 0.752. The van der Waals surface area contributed by atoms with Gasteiger partial charge in [-0.1, -0.05) is 0 Å². The van der Waals surface area contributed by atoms with Crippen molar-refractivity contribution in [3.63, 3.8) is 0 Å². The number of aromatic amines is 1. The number of fused-ring (bicyclic) bond motifs is 1. The third-order valence-corrected chi connectivity index (χ3v) is 4.30. The molecule has 3 aromatic heterocycles. The summed E-state index contributed by atoms with van der Waals surface area (Å²) in [6, 6.07) is 1.88. The second-order valence-corrected chi connectivity index (χ2v) is 5.56. The van der Waals surface area contributed by atoms with E-state index in [0.29, 0.717) is 22.4 Å². The maximum absolute atomic E-state index is 12.3. The Morgan fingerprint density at radius 2 is 2.37 bits per heavy atom. The largest absolute Gasteiger partial charge is 0.338 e. The number of thiophene rings is 1. The molecule has 0 radical (unpaired) electrons. The molecule has 19 heavy (non-hydrogen) atoms. The van der Waals surface area contributed by atoms with Crippen molar-refractivity contribution in [3.8, 4) is 0 Å². The van der Waals surface area contributed by atoms with Gasteiger partial charge in [0, 0.05) is 32.4 Å². The molecule has 0 saturated heterocycles. The van der Waals surface area contributed by atoms with Crippen LogP contribution < -0.4 is 5.56 Å². The van der Waals surface area contributed by atoms with E-state index >= 15 is 0 Å². The molecule has 5 nitrogen and oxygen atoms in total. The topological polar surface area (TPSA) is 55.6 Å². The van der Waals surface area contributed by atoms with Gasteiger partial charge in [0.2, 0.25) is 0 Å². The highest BCUT2D eigenvalue weighted by atomic mass is 32.1. The Kier molecular flexibility index (Phi) is 3.08. The van der Waals surface area contributed by atoms with Crippen LogP contribution in [0.15, 0.2) is 28.6 Å². The molecule has 0 atom stereocenters. The van der Waals surface area contributed by atoms with Crippen LogP contribution in [0.1, 0.15) is 5.82 Å². The van der Waals surface area contributed by atoms with E-state index in [1.807, 2.05) is 29.3 Å². The highest BCUT2D eigenvalue weighted by Crippen LogP contribution is 2.14. The minimum absolute atomic E-state index is 0.0250. The molecule has 3 aromatic rings. The zero-order valence-electron chi connectivity index (χ0n) is 10.3. The van der Waals surface area contributed by atoms with E-state index < -0.39 is 0 Å². The average Bonchev–Trinajstić information content (AvgIpc) is 2.98. The second kappa shape index (κ2) is 4.75. The minimum atomic E-state index is -0.0250. The van der Waals surface area contributed by atoms with Gasteiger partial charge in [-0.15, -0.1) is 11.3 Å². The van der Waals surface area contributed by atoms with Crippen molar-refractivity contribution in [3.05, 3.63) is 44.8 Å². The van der Waals surface area contributed by atoms with Crippen LogP contribution in [-0.2, 0) is 20.0 Å². The summed E-state index contributed by atoms with van der Waals surface area (Å²) in [5, 5.41) is 1.89. The molecule has 0 aliphatic heterocycles. The summed E-state index contributed by atoms with van der Waals surface area (Å²) >= 11 is 6.68. The van der Waals surface area contributed by atoms with Crippen molar-refractivity contribution in [2.75, 3.05) is 0 Å². The Hall–Kier alpha value is -1.73. The van der Waals surface area contributed by atoms with Crippen molar-refractivity contribution in [1.29, 1.82) is 0 Å². The Balaban J connectivity index is 1.99. The molecule has 0 amide bonds. The molecule has 0 saturated carbocycles. The van der Waals surface area contributed by atoms with Crippen LogP contribution in [0.3, 0.4) is 0 Å². The second-order valence-electron chi connectivity index (χ2n) is 4.25. The first-order valence-corrected chi connectivity index (χ1v) is 7.12. The molecule has 0 fully saturated rings. The van der Waals surface area contributed by atoms with Gasteiger partial charge in [0.05, 0.1) is 5.52 Å². The number of imidazole rings is 1. The SMILES string of the molecule is Cn1ccnc1CCn1c(=S)[nH]c2ccsc2c1=O. The smallest absolute Gasteiger partial charge is 0.272 e. The molecule has 0 spiro atoms. The van der Waals surface area contributed by atoms with E-state index in [2.05, 4.69) is 9.97 Å². The van der Waals surface area contributed by atoms with Gasteiger partial charge in [-0.2, -0.15) is 0 Å². The van der Waals surface area contributed by atoms with Gasteiger partial charge in [-0.25, -0.2) is 4.98 Å². The number of aromatic nitrogens is 4. The molecule has 0 aromatic carbocycles. The molecule has 98 valence electrons. The van der Waals surface area contributed by atoms with E-state index in [1.165, 1.54) is 11.3 Å². The molecule has 1 N–H and O–H groups in total. The molecule has 0 unspecified atom stereocenters. The van der Waals surface area contributed by atoms with Crippen LogP contribution in [0, 0.1) is 4.77 Å². The van der Waals surface area contributed by atoms with Crippen molar-refractivity contribution >= 4 is 33.8 Å². The number of aryl methyl sites for hydroxylation is 2. The standard InChI is InChI=1S/C12H12N4OS2/c1-15-6-4-13-9(15)2-5-16-11(17)10-8(3-7-19-10)14-12(16)18/h3-4,6-7H,2,5H2,1H3,(H,14,18). The number of hydrogen-bond donors (Lipinski definition) is 1. The Morgan fingerprint density at radius 3 is 3.11 bits per heavy atom. The summed E-state index contributed by atoms with van der Waals surface area (Å²) in [5.41, 5.74) is 0.788. The van der Waals surface area contributed by atoms with Crippen LogP contribution in [0.25, 0.3) is 10.2 Å². The Bertz CT molecular complexity index is 839. The lowest BCUT2D eigenvalue weighted by atomic mass is 10.4. The predicted octanol–water partition coefficient (Wildman–Crippen LogP) is 2.10. The zero-order valence-corrected chi connectivity index (χ0v) is 11.9. The van der Waals surface area contributed by atoms with E-state index in [9.17, 15) is 4.79 Å². The fourth-order valence-electron chi connectivity index (χ4n) is 2.02. The third kappa shape index (κ3) is 2.15. The Labute approximate surface area is 118 Å². The van der Waals surface area contributed by atoms with Gasteiger partial charge in [0.15, 0.2) is 4.77 Å². The van der Waals surface area contributed by atoms with E-state index in [4.69, 9.17) is 12.2 Å². The van der Waals surface area contributed by atoms with Gasteiger partial charge in [-0.05, 0) is 23.7 Å². The average molecular weight is 292 g/mol. The van der Waals surface area contributed by atoms with E-state index in [1.54, 1.807) is 10.8 Å². The fraction of sp³-hybridized carbons (Fsp3) is 0.250. The van der Waals surface area contributed by atoms with Crippen molar-refractivity contribution in [2.45, 2.75) is 13.0 Å². The molecule has 0 aliphatic rings. The van der Waals surface area contributed by atoms with Crippen LogP contribution >= 0.6 is 23.6 Å². The lowest BCUT2D eigenvalue weighted by Gasteiger charge is -2.06. The molecule has 3 rings (SSSR count). The van der Waals surface area contributed by atoms with Crippen molar-refractivity contribution < 1.29 is 0 Å². The number of H-pyrrole nitrogens is 1. The molecule has 7 heteroatoms. The maximum Gasteiger partial charge on any atom is 0.272 e. The zero-order chi connectivity index (χ0) is 13.4. The summed E-state index contributed by atoms with van der Waals surface area (Å²) in [4.78, 5) is 19.6. The number of nitrogens with zero attached hydrogens (tertiary/aromatic N) is 3. The fourth-order valence-corrected chi connectivity index (χ4v) is 3.10. The summed E-state index contributed by atoms with van der Waals surface area (Å²) in [6.45, 7) is 0.535. The van der Waals surface area contributed by atoms with Crippen LogP contribution in [-0.4, -0.2) is 19.1 Å². The van der Waals surface area contributed by atoms with Crippen LogP contribution in [0.4, 0.5) is 0 Å². The van der Waals surface area contributed by atoms with Crippen molar-refractivity contribution in [2.24, 2.45) is 7.05 Å². The highest BCUT2D eigenvalue weighted by Gasteiger charge is 2.07.